The van der Waals surface area contributed by atoms with Crippen LogP contribution in [-0.4, -0.2) is 5.11 Å². The van der Waals surface area contributed by atoms with Crippen LogP contribution >= 0.6 is 0 Å². The molecule has 0 saturated heterocycles. The monoisotopic (exact) mass is 162 g/mol. The van der Waals surface area contributed by atoms with E-state index in [1.807, 2.05) is 18.2 Å². The second-order valence-electron chi connectivity index (χ2n) is 3.23. The Kier molecular flexibility index (Phi) is 2.54. The molecule has 1 heteroatoms. The standard InChI is InChI=1S/C11H14O/c1-8(2)10-5-4-6-11(7-10)9(3)12/h4-8,12H,3H2,1-2H3. The largest absolute Gasteiger partial charge is 0.508 e. The summed E-state index contributed by atoms with van der Waals surface area (Å²) >= 11 is 0. The molecule has 0 amide bonds. The van der Waals surface area contributed by atoms with Gasteiger partial charge in [0.05, 0.1) is 0 Å². The second-order valence-corrected chi connectivity index (χ2v) is 3.23. The van der Waals surface area contributed by atoms with Crippen molar-refractivity contribution in [3.05, 3.63) is 42.0 Å². The summed E-state index contributed by atoms with van der Waals surface area (Å²) in [6.07, 6.45) is 0. The van der Waals surface area contributed by atoms with Crippen molar-refractivity contribution in [3.8, 4) is 0 Å². The Balaban J connectivity index is 3.04. The number of hydrogen-bond donors (Lipinski definition) is 1. The maximum absolute atomic E-state index is 9.14. The summed E-state index contributed by atoms with van der Waals surface area (Å²) in [6, 6.07) is 7.81. The zero-order valence-corrected chi connectivity index (χ0v) is 7.54. The summed E-state index contributed by atoms with van der Waals surface area (Å²) < 4.78 is 0. The van der Waals surface area contributed by atoms with Gasteiger partial charge >= 0.3 is 0 Å². The highest BCUT2D eigenvalue weighted by atomic mass is 16.3. The van der Waals surface area contributed by atoms with Crippen molar-refractivity contribution in [3.63, 3.8) is 0 Å². The Morgan fingerprint density at radius 1 is 1.42 bits per heavy atom. The van der Waals surface area contributed by atoms with Gasteiger partial charge < -0.3 is 5.11 Å². The van der Waals surface area contributed by atoms with Gasteiger partial charge in [-0.1, -0.05) is 38.6 Å². The fraction of sp³-hybridized carbons (Fsp3) is 0.273. The predicted molar refractivity (Wildman–Crippen MR) is 52.2 cm³/mol. The smallest absolute Gasteiger partial charge is 0.115 e. The van der Waals surface area contributed by atoms with Crippen LogP contribution in [0.1, 0.15) is 30.9 Å². The van der Waals surface area contributed by atoms with Gasteiger partial charge in [-0.3, -0.25) is 0 Å². The van der Waals surface area contributed by atoms with Crippen molar-refractivity contribution in [1.82, 2.24) is 0 Å². The minimum Gasteiger partial charge on any atom is -0.508 e. The van der Waals surface area contributed by atoms with Gasteiger partial charge in [-0.2, -0.15) is 0 Å². The zero-order chi connectivity index (χ0) is 9.14. The maximum atomic E-state index is 9.14. The molecule has 1 aromatic rings. The fourth-order valence-corrected chi connectivity index (χ4v) is 1.08. The molecule has 0 fully saturated rings. The molecule has 0 aliphatic rings. The third kappa shape index (κ3) is 1.88. The average Bonchev–Trinajstić information content (AvgIpc) is 2.04. The van der Waals surface area contributed by atoms with Crippen molar-refractivity contribution in [1.29, 1.82) is 0 Å². The molecule has 1 rings (SSSR count). The summed E-state index contributed by atoms with van der Waals surface area (Å²) in [5, 5.41) is 9.14. The lowest BCUT2D eigenvalue weighted by molar-refractivity contribution is 0.513. The number of rotatable bonds is 2. The number of aliphatic hydroxyl groups is 1. The molecule has 12 heavy (non-hydrogen) atoms. The van der Waals surface area contributed by atoms with Crippen LogP contribution in [-0.2, 0) is 0 Å². The molecular formula is C11H14O. The zero-order valence-electron chi connectivity index (χ0n) is 7.54. The van der Waals surface area contributed by atoms with Crippen molar-refractivity contribution >= 4 is 5.76 Å². The summed E-state index contributed by atoms with van der Waals surface area (Å²) in [4.78, 5) is 0. The minimum atomic E-state index is 0.137. The average molecular weight is 162 g/mol. The highest BCUT2D eigenvalue weighted by Crippen LogP contribution is 2.18. The quantitative estimate of drug-likeness (QED) is 0.661. The topological polar surface area (TPSA) is 20.2 Å². The van der Waals surface area contributed by atoms with E-state index in [-0.39, 0.29) is 5.76 Å². The van der Waals surface area contributed by atoms with Gasteiger partial charge in [0.25, 0.3) is 0 Å². The van der Waals surface area contributed by atoms with Crippen LogP contribution in [0.15, 0.2) is 30.8 Å². The van der Waals surface area contributed by atoms with Gasteiger partial charge in [-0.15, -0.1) is 0 Å². The Morgan fingerprint density at radius 3 is 2.58 bits per heavy atom. The van der Waals surface area contributed by atoms with E-state index in [1.54, 1.807) is 0 Å². The third-order valence-corrected chi connectivity index (χ3v) is 1.89. The van der Waals surface area contributed by atoms with Gasteiger partial charge in [0, 0.05) is 5.56 Å². The van der Waals surface area contributed by atoms with Gasteiger partial charge in [-0.05, 0) is 17.5 Å². The number of benzene rings is 1. The van der Waals surface area contributed by atoms with Gasteiger partial charge in [-0.25, -0.2) is 0 Å². The first-order chi connectivity index (χ1) is 5.61. The lowest BCUT2D eigenvalue weighted by Gasteiger charge is -2.06. The SMILES string of the molecule is C=C(O)c1cccc(C(C)C)c1. The van der Waals surface area contributed by atoms with Crippen LogP contribution in [0, 0.1) is 0 Å². The summed E-state index contributed by atoms with van der Waals surface area (Å²) in [6.45, 7) is 7.73. The molecule has 0 spiro atoms. The molecule has 1 N–H and O–H groups in total. The van der Waals surface area contributed by atoms with E-state index < -0.39 is 0 Å². The van der Waals surface area contributed by atoms with Crippen LogP contribution in [0.5, 0.6) is 0 Å². The summed E-state index contributed by atoms with van der Waals surface area (Å²) in [5.41, 5.74) is 2.03. The first-order valence-electron chi connectivity index (χ1n) is 4.09. The van der Waals surface area contributed by atoms with Crippen molar-refractivity contribution in [2.75, 3.05) is 0 Å². The van der Waals surface area contributed by atoms with E-state index in [9.17, 15) is 0 Å². The van der Waals surface area contributed by atoms with E-state index in [0.717, 1.165) is 5.56 Å². The second kappa shape index (κ2) is 3.44. The Labute approximate surface area is 73.4 Å². The molecule has 0 aliphatic carbocycles. The van der Waals surface area contributed by atoms with E-state index in [0.29, 0.717) is 5.92 Å². The highest BCUT2D eigenvalue weighted by Gasteiger charge is 2.00. The molecule has 64 valence electrons. The van der Waals surface area contributed by atoms with Crippen molar-refractivity contribution in [2.24, 2.45) is 0 Å². The molecular weight excluding hydrogens is 148 g/mol. The van der Waals surface area contributed by atoms with Crippen LogP contribution in [0.3, 0.4) is 0 Å². The Morgan fingerprint density at radius 2 is 2.08 bits per heavy atom. The van der Waals surface area contributed by atoms with Crippen LogP contribution in [0.25, 0.3) is 5.76 Å². The minimum absolute atomic E-state index is 0.137. The molecule has 0 bridgehead atoms. The molecule has 0 radical (unpaired) electrons. The van der Waals surface area contributed by atoms with Crippen LogP contribution in [0.4, 0.5) is 0 Å². The van der Waals surface area contributed by atoms with E-state index in [1.165, 1.54) is 5.56 Å². The predicted octanol–water partition coefficient (Wildman–Crippen LogP) is 3.34. The van der Waals surface area contributed by atoms with Crippen LogP contribution in [0.2, 0.25) is 0 Å². The molecule has 0 atom stereocenters. The normalized spacial score (nSPS) is 10.2. The van der Waals surface area contributed by atoms with Crippen LogP contribution < -0.4 is 0 Å². The maximum Gasteiger partial charge on any atom is 0.115 e. The third-order valence-electron chi connectivity index (χ3n) is 1.89. The van der Waals surface area contributed by atoms with Crippen molar-refractivity contribution in [2.45, 2.75) is 19.8 Å². The molecule has 0 heterocycles. The summed E-state index contributed by atoms with van der Waals surface area (Å²) in [5.74, 6) is 0.627. The molecule has 0 aromatic heterocycles. The fourth-order valence-electron chi connectivity index (χ4n) is 1.08. The Hall–Kier alpha value is -1.24. The molecule has 1 aromatic carbocycles. The first kappa shape index (κ1) is 8.85. The van der Waals surface area contributed by atoms with Gasteiger partial charge in [0.1, 0.15) is 5.76 Å². The lowest BCUT2D eigenvalue weighted by Crippen LogP contribution is -1.89. The highest BCUT2D eigenvalue weighted by molar-refractivity contribution is 5.56. The van der Waals surface area contributed by atoms with E-state index >= 15 is 0 Å². The lowest BCUT2D eigenvalue weighted by atomic mass is 10.0. The molecule has 0 unspecified atom stereocenters. The van der Waals surface area contributed by atoms with Gasteiger partial charge in [0.2, 0.25) is 0 Å². The summed E-state index contributed by atoms with van der Waals surface area (Å²) in [7, 11) is 0. The number of aliphatic hydroxyl groups excluding tert-OH is 1. The molecule has 1 nitrogen and oxygen atoms in total. The molecule has 0 saturated carbocycles. The van der Waals surface area contributed by atoms with E-state index in [4.69, 9.17) is 5.11 Å². The van der Waals surface area contributed by atoms with Gasteiger partial charge in [0.15, 0.2) is 0 Å². The van der Waals surface area contributed by atoms with E-state index in [2.05, 4.69) is 26.5 Å². The number of hydrogen-bond acceptors (Lipinski definition) is 1. The molecule has 0 aliphatic heterocycles. The first-order valence-corrected chi connectivity index (χ1v) is 4.09. The Bertz CT molecular complexity index is 287. The van der Waals surface area contributed by atoms with Crippen molar-refractivity contribution < 1.29 is 5.11 Å².